The maximum atomic E-state index is 12.3. The second kappa shape index (κ2) is 14.0. The first kappa shape index (κ1) is 40.0. The highest BCUT2D eigenvalue weighted by molar-refractivity contribution is 6.71. The van der Waals surface area contributed by atoms with Crippen molar-refractivity contribution in [2.45, 2.75) is 175 Å². The van der Waals surface area contributed by atoms with E-state index in [9.17, 15) is 4.79 Å². The van der Waals surface area contributed by atoms with E-state index >= 15 is 0 Å². The van der Waals surface area contributed by atoms with Crippen molar-refractivity contribution in [2.24, 2.45) is 46.3 Å². The van der Waals surface area contributed by atoms with Crippen molar-refractivity contribution >= 4 is 39.2 Å². The van der Waals surface area contributed by atoms with E-state index in [1.54, 1.807) is 0 Å². The first-order valence-electron chi connectivity index (χ1n) is 19.1. The van der Waals surface area contributed by atoms with Gasteiger partial charge in [0.05, 0.1) is 25.4 Å². The number of hydrogen-bond acceptors (Lipinski definition) is 6. The quantitative estimate of drug-likeness (QED) is 0.147. The minimum Gasteiger partial charge on any atom is -0.469 e. The van der Waals surface area contributed by atoms with E-state index in [2.05, 4.69) is 99.3 Å². The smallest absolute Gasteiger partial charge is 0.305 e. The van der Waals surface area contributed by atoms with E-state index in [-0.39, 0.29) is 35.1 Å². The number of hydrogen-bond donors (Lipinski definition) is 0. The van der Waals surface area contributed by atoms with E-state index in [4.69, 9.17) is 22.4 Å². The zero-order valence-corrected chi connectivity index (χ0v) is 37.4. The first-order chi connectivity index (χ1) is 21.3. The van der Waals surface area contributed by atoms with Gasteiger partial charge in [0.25, 0.3) is 0 Å². The highest BCUT2D eigenvalue weighted by Gasteiger charge is 2.69. The molecule has 6 nitrogen and oxygen atoms in total. The molecule has 4 aliphatic rings. The van der Waals surface area contributed by atoms with Crippen LogP contribution in [0.15, 0.2) is 0 Å². The largest absolute Gasteiger partial charge is 0.469 e. The summed E-state index contributed by atoms with van der Waals surface area (Å²) < 4.78 is 34.3. The van der Waals surface area contributed by atoms with E-state index in [0.29, 0.717) is 48.0 Å². The van der Waals surface area contributed by atoms with Gasteiger partial charge in [-0.2, -0.15) is 0 Å². The van der Waals surface area contributed by atoms with Crippen LogP contribution < -0.4 is 0 Å². The van der Waals surface area contributed by atoms with Gasteiger partial charge in [-0.3, -0.25) is 4.79 Å². The number of fused-ring (bicyclic) bond motifs is 5. The maximum Gasteiger partial charge on any atom is 0.305 e. The SMILES string of the molecule is COC(=O)CCC(C)C1CCC2C3C(C[C@H](O[Si](C)(C)C)C12C)C1(C)CC[C@@H](O[Si](C)(C)C)C[C@H]1[C@H](O[Si](C)(C)C)[C@@H]3O[Si](C)(C)C. The Morgan fingerprint density at radius 2 is 1.26 bits per heavy atom. The second-order valence-corrected chi connectivity index (χ2v) is 38.4. The third kappa shape index (κ3) is 8.98. The number of carbonyl (C=O) groups is 1. The minimum atomic E-state index is -1.93. The Balaban J connectivity index is 1.85. The minimum absolute atomic E-state index is 0.0308. The molecular weight excluding hydrogens is 653 g/mol. The molecule has 0 aromatic carbocycles. The molecule has 4 fully saturated rings. The molecule has 4 rings (SSSR count). The molecule has 0 aliphatic heterocycles. The molecule has 4 aliphatic carbocycles. The summed E-state index contributed by atoms with van der Waals surface area (Å²) in [4.78, 5) is 12.3. The van der Waals surface area contributed by atoms with E-state index in [1.165, 1.54) is 26.4 Å². The molecular formula is C37H74O6Si4. The Bertz CT molecular complexity index is 1090. The lowest BCUT2D eigenvalue weighted by Gasteiger charge is -2.68. The van der Waals surface area contributed by atoms with Gasteiger partial charge in [0.1, 0.15) is 0 Å². The van der Waals surface area contributed by atoms with Crippen molar-refractivity contribution in [3.63, 3.8) is 0 Å². The van der Waals surface area contributed by atoms with Crippen LogP contribution in [0.1, 0.15) is 72.1 Å². The Morgan fingerprint density at radius 1 is 0.702 bits per heavy atom. The first-order valence-corrected chi connectivity index (χ1v) is 32.7. The number of rotatable bonds is 12. The molecule has 10 heteroatoms. The van der Waals surface area contributed by atoms with E-state index in [1.807, 2.05) is 0 Å². The summed E-state index contributed by atoms with van der Waals surface area (Å²) in [5.41, 5.74) is 0.188. The lowest BCUT2D eigenvalue weighted by molar-refractivity contribution is -0.232. The van der Waals surface area contributed by atoms with Crippen LogP contribution in [0.3, 0.4) is 0 Å². The number of methoxy groups -OCH3 is 1. The van der Waals surface area contributed by atoms with Crippen LogP contribution in [0.25, 0.3) is 0 Å². The van der Waals surface area contributed by atoms with Crippen LogP contribution in [0.5, 0.6) is 0 Å². The monoisotopic (exact) mass is 726 g/mol. The molecule has 0 amide bonds. The average molecular weight is 727 g/mol. The normalized spacial score (nSPS) is 40.3. The Morgan fingerprint density at radius 3 is 1.79 bits per heavy atom. The molecule has 4 saturated carbocycles. The van der Waals surface area contributed by atoms with Gasteiger partial charge in [-0.25, -0.2) is 0 Å². The van der Waals surface area contributed by atoms with Crippen LogP contribution in [0, 0.1) is 46.3 Å². The summed E-state index contributed by atoms with van der Waals surface area (Å²) in [6.45, 7) is 36.0. The second-order valence-electron chi connectivity index (χ2n) is 20.5. The van der Waals surface area contributed by atoms with E-state index in [0.717, 1.165) is 25.7 Å². The molecule has 0 aromatic heterocycles. The lowest BCUT2D eigenvalue weighted by atomic mass is 9.42. The average Bonchev–Trinajstić information content (AvgIpc) is 3.25. The fourth-order valence-electron chi connectivity index (χ4n) is 11.0. The summed E-state index contributed by atoms with van der Waals surface area (Å²) in [5, 5.41) is 0. The molecule has 0 radical (unpaired) electrons. The van der Waals surface area contributed by atoms with E-state index < -0.39 is 33.3 Å². The molecule has 0 bridgehead atoms. The standard InChI is InChI=1S/C37H74O6Si4/c1-25(17-20-32(38)39-4)27-18-19-28-33-29(24-31(37(27,28)3)41-45(8,9)10)36(2)22-21-26(40-44(5,6)7)23-30(36)34(42-46(11,12)13)35(33)43-47(14,15)16/h25-31,33-35H,17-24H2,1-16H3/t25?,26-,27?,28?,29?,30+,31+,33?,34+,35-,36?,37?/m1/s1. The van der Waals surface area contributed by atoms with Crippen molar-refractivity contribution in [3.05, 3.63) is 0 Å². The zero-order chi connectivity index (χ0) is 35.5. The summed E-state index contributed by atoms with van der Waals surface area (Å²) >= 11 is 0. The zero-order valence-electron chi connectivity index (χ0n) is 33.4. The summed E-state index contributed by atoms with van der Waals surface area (Å²) in [7, 11) is -5.87. The van der Waals surface area contributed by atoms with Gasteiger partial charge < -0.3 is 22.4 Å². The number of esters is 1. The van der Waals surface area contributed by atoms with Gasteiger partial charge >= 0.3 is 5.97 Å². The van der Waals surface area contributed by atoms with Crippen molar-refractivity contribution < 1.29 is 27.2 Å². The molecule has 0 N–H and O–H groups in total. The van der Waals surface area contributed by atoms with Crippen molar-refractivity contribution in [3.8, 4) is 0 Å². The Kier molecular flexibility index (Phi) is 11.9. The Hall–Kier alpha value is 0.178. The molecule has 274 valence electrons. The molecule has 7 unspecified atom stereocenters. The third-order valence-corrected chi connectivity index (χ3v) is 16.5. The molecule has 0 saturated heterocycles. The van der Waals surface area contributed by atoms with Crippen molar-refractivity contribution in [1.29, 1.82) is 0 Å². The predicted octanol–water partition coefficient (Wildman–Crippen LogP) is 9.94. The van der Waals surface area contributed by atoms with Crippen molar-refractivity contribution in [2.75, 3.05) is 7.11 Å². The molecule has 47 heavy (non-hydrogen) atoms. The van der Waals surface area contributed by atoms with Crippen LogP contribution in [0.4, 0.5) is 0 Å². The van der Waals surface area contributed by atoms with Crippen LogP contribution >= 0.6 is 0 Å². The third-order valence-electron chi connectivity index (χ3n) is 12.5. The fraction of sp³-hybridized carbons (Fsp3) is 0.973. The number of ether oxygens (including phenoxy) is 1. The topological polar surface area (TPSA) is 63.2 Å². The van der Waals surface area contributed by atoms with Gasteiger partial charge in [0.2, 0.25) is 0 Å². The van der Waals surface area contributed by atoms with Gasteiger partial charge in [0, 0.05) is 12.5 Å². The highest BCUT2D eigenvalue weighted by Crippen LogP contribution is 2.70. The van der Waals surface area contributed by atoms with Gasteiger partial charge in [0.15, 0.2) is 33.3 Å². The predicted molar refractivity (Wildman–Crippen MR) is 205 cm³/mol. The number of carbonyl (C=O) groups excluding carboxylic acids is 1. The fourth-order valence-corrected chi connectivity index (χ4v) is 15.7. The van der Waals surface area contributed by atoms with Gasteiger partial charge in [-0.05, 0) is 170 Å². The maximum absolute atomic E-state index is 12.3. The Labute approximate surface area is 294 Å². The van der Waals surface area contributed by atoms with Gasteiger partial charge in [-0.1, -0.05) is 20.8 Å². The molecule has 0 heterocycles. The lowest BCUT2D eigenvalue weighted by Crippen LogP contribution is -2.70. The van der Waals surface area contributed by atoms with Crippen molar-refractivity contribution in [1.82, 2.24) is 0 Å². The molecule has 12 atom stereocenters. The van der Waals surface area contributed by atoms with Crippen LogP contribution in [-0.4, -0.2) is 70.8 Å². The van der Waals surface area contributed by atoms with Crippen LogP contribution in [-0.2, 0) is 27.2 Å². The van der Waals surface area contributed by atoms with Crippen LogP contribution in [0.2, 0.25) is 78.6 Å². The summed E-state index contributed by atoms with van der Waals surface area (Å²) in [6.07, 6.45) is 9.05. The van der Waals surface area contributed by atoms with Gasteiger partial charge in [-0.15, -0.1) is 0 Å². The summed E-state index contributed by atoms with van der Waals surface area (Å²) in [5.74, 6) is 2.76. The summed E-state index contributed by atoms with van der Waals surface area (Å²) in [6, 6.07) is 0. The molecule has 0 aromatic rings. The molecule has 0 spiro atoms. The highest BCUT2D eigenvalue weighted by atomic mass is 28.4.